The molecule has 9 heteroatoms. The molecule has 1 saturated heterocycles. The number of nitrogens with zero attached hydrogens (tertiary/aromatic N) is 1. The lowest BCUT2D eigenvalue weighted by atomic mass is 9.88. The van der Waals surface area contributed by atoms with Gasteiger partial charge in [-0.05, 0) is 70.8 Å². The second kappa shape index (κ2) is 12.0. The second-order valence-electron chi connectivity index (χ2n) is 9.47. The number of rotatable bonds is 7. The second-order valence-corrected chi connectivity index (χ2v) is 10.8. The zero-order valence-corrected chi connectivity index (χ0v) is 23.2. The van der Waals surface area contributed by atoms with Crippen molar-refractivity contribution in [1.29, 1.82) is 0 Å². The predicted octanol–water partition coefficient (Wildman–Crippen LogP) is 7.86. The Kier molecular flexibility index (Phi) is 8.43. The molecule has 0 aliphatic carbocycles. The maximum absolute atomic E-state index is 14.3. The van der Waals surface area contributed by atoms with Gasteiger partial charge in [0, 0.05) is 21.5 Å². The quantitative estimate of drug-likeness (QED) is 0.235. The van der Waals surface area contributed by atoms with Crippen LogP contribution in [-0.2, 0) is 20.7 Å². The van der Waals surface area contributed by atoms with Crippen LogP contribution in [0.4, 0.5) is 4.39 Å². The maximum Gasteiger partial charge on any atom is 0.331 e. The molecule has 0 aromatic heterocycles. The Labute approximate surface area is 245 Å². The molecule has 4 aromatic rings. The average molecular weight is 599 g/mol. The minimum atomic E-state index is -1.39. The van der Waals surface area contributed by atoms with Gasteiger partial charge in [0.1, 0.15) is 18.0 Å². The van der Waals surface area contributed by atoms with Crippen molar-refractivity contribution in [3.63, 3.8) is 0 Å². The topological polar surface area (TPSA) is 66.8 Å². The molecule has 4 aromatic carbocycles. The van der Waals surface area contributed by atoms with E-state index in [1.165, 1.54) is 23.1 Å². The molecule has 0 saturated carbocycles. The van der Waals surface area contributed by atoms with Crippen LogP contribution >= 0.6 is 34.8 Å². The van der Waals surface area contributed by atoms with Gasteiger partial charge in [0.2, 0.25) is 0 Å². The summed E-state index contributed by atoms with van der Waals surface area (Å²) in [6.07, 6.45) is -1.73. The number of aliphatic carboxylic acids is 1. The molecule has 0 bridgehead atoms. The van der Waals surface area contributed by atoms with E-state index in [-0.39, 0.29) is 6.42 Å². The Morgan fingerprint density at radius 1 is 0.850 bits per heavy atom. The number of carbonyl (C=O) groups is 2. The van der Waals surface area contributed by atoms with Gasteiger partial charge in [-0.1, -0.05) is 83.3 Å². The van der Waals surface area contributed by atoms with Gasteiger partial charge in [0.05, 0.1) is 6.04 Å². The maximum atomic E-state index is 14.3. The van der Waals surface area contributed by atoms with E-state index < -0.39 is 42.0 Å². The summed E-state index contributed by atoms with van der Waals surface area (Å²) in [4.78, 5) is 28.5. The highest BCUT2D eigenvalue weighted by atomic mass is 35.5. The van der Waals surface area contributed by atoms with Crippen LogP contribution in [0, 0.1) is 5.82 Å². The van der Waals surface area contributed by atoms with Crippen molar-refractivity contribution < 1.29 is 23.8 Å². The zero-order chi connectivity index (χ0) is 28.4. The van der Waals surface area contributed by atoms with Crippen LogP contribution in [-0.4, -0.2) is 28.0 Å². The molecule has 4 atom stereocenters. The minimum Gasteiger partial charge on any atom is -0.479 e. The number of hydrogen-bond acceptors (Lipinski definition) is 3. The third-order valence-electron chi connectivity index (χ3n) is 6.85. The fourth-order valence-electron chi connectivity index (χ4n) is 5.02. The lowest BCUT2D eigenvalue weighted by Crippen LogP contribution is -2.54. The van der Waals surface area contributed by atoms with Crippen LogP contribution in [0.1, 0.15) is 40.4 Å². The summed E-state index contributed by atoms with van der Waals surface area (Å²) in [5.41, 5.74) is 2.33. The molecule has 1 aliphatic heterocycles. The van der Waals surface area contributed by atoms with E-state index in [9.17, 15) is 19.1 Å². The standard InChI is InChI=1S/C31H23Cl3FNO4/c32-22-10-6-19(7-11-22)27-29(20-8-12-23(33)13-9-20)40-26(16-18-4-14-25(35)15-5-18)30(37)36(27)28(31(38)39)21-2-1-3-24(34)17-21/h1-15,17,26-29H,16H2,(H,38,39)/t26-,27+,28+,29-/m0/s1. The van der Waals surface area contributed by atoms with Gasteiger partial charge < -0.3 is 14.7 Å². The Morgan fingerprint density at radius 3 is 2.02 bits per heavy atom. The minimum absolute atomic E-state index is 0.106. The molecule has 1 aliphatic rings. The lowest BCUT2D eigenvalue weighted by molar-refractivity contribution is -0.184. The number of carbonyl (C=O) groups excluding carboxylic acids is 1. The van der Waals surface area contributed by atoms with Gasteiger partial charge in [-0.2, -0.15) is 0 Å². The number of carboxylic acids is 1. The summed E-state index contributed by atoms with van der Waals surface area (Å²) < 4.78 is 20.1. The zero-order valence-electron chi connectivity index (χ0n) is 20.9. The first-order valence-corrected chi connectivity index (χ1v) is 13.6. The molecule has 1 heterocycles. The van der Waals surface area contributed by atoms with Gasteiger partial charge in [-0.3, -0.25) is 4.79 Å². The molecule has 204 valence electrons. The fourth-order valence-corrected chi connectivity index (χ4v) is 5.47. The number of carboxylic acid groups (broad SMARTS) is 1. The van der Waals surface area contributed by atoms with Crippen LogP contribution in [0.3, 0.4) is 0 Å². The molecule has 0 radical (unpaired) electrons. The Balaban J connectivity index is 1.69. The van der Waals surface area contributed by atoms with Crippen molar-refractivity contribution >= 4 is 46.7 Å². The summed E-state index contributed by atoms with van der Waals surface area (Å²) in [5.74, 6) is -2.16. The van der Waals surface area contributed by atoms with Crippen LogP contribution in [0.2, 0.25) is 15.1 Å². The highest BCUT2D eigenvalue weighted by Crippen LogP contribution is 2.47. The molecule has 5 nitrogen and oxygen atoms in total. The first kappa shape index (κ1) is 28.1. The number of amides is 1. The summed E-state index contributed by atoms with van der Waals surface area (Å²) in [6.45, 7) is 0. The SMILES string of the molecule is O=C(O)[C@@H](c1cccc(Cl)c1)N1C(=O)[C@H](Cc2ccc(F)cc2)O[C@@H](c2ccc(Cl)cc2)[C@H]1c1ccc(Cl)cc1. The third-order valence-corrected chi connectivity index (χ3v) is 7.59. The Bertz CT molecular complexity index is 1510. The van der Waals surface area contributed by atoms with Crippen molar-refractivity contribution in [3.05, 3.63) is 140 Å². The molecule has 0 unspecified atom stereocenters. The number of benzene rings is 4. The molecule has 1 fully saturated rings. The summed E-state index contributed by atoms with van der Waals surface area (Å²) in [5, 5.41) is 11.9. The van der Waals surface area contributed by atoms with E-state index >= 15 is 0 Å². The van der Waals surface area contributed by atoms with E-state index in [1.54, 1.807) is 78.9 Å². The highest BCUT2D eigenvalue weighted by Gasteiger charge is 2.49. The number of hydrogen-bond donors (Lipinski definition) is 1. The number of morpholine rings is 1. The predicted molar refractivity (Wildman–Crippen MR) is 152 cm³/mol. The Hall–Kier alpha value is -3.42. The normalized spacial score (nSPS) is 19.9. The van der Waals surface area contributed by atoms with Gasteiger partial charge in [0.15, 0.2) is 6.04 Å². The third kappa shape index (κ3) is 6.01. The summed E-state index contributed by atoms with van der Waals surface area (Å²) in [6, 6.07) is 23.8. The van der Waals surface area contributed by atoms with Gasteiger partial charge in [-0.25, -0.2) is 9.18 Å². The van der Waals surface area contributed by atoms with Crippen LogP contribution in [0.25, 0.3) is 0 Å². The Morgan fingerprint density at radius 2 is 1.45 bits per heavy atom. The van der Waals surface area contributed by atoms with Crippen molar-refractivity contribution in [2.24, 2.45) is 0 Å². The average Bonchev–Trinajstić information content (AvgIpc) is 2.93. The van der Waals surface area contributed by atoms with E-state index in [1.807, 2.05) is 0 Å². The number of halogens is 4. The van der Waals surface area contributed by atoms with Gasteiger partial charge in [0.25, 0.3) is 5.91 Å². The molecule has 1 N–H and O–H groups in total. The molecular formula is C31H23Cl3FNO4. The highest BCUT2D eigenvalue weighted by molar-refractivity contribution is 6.31. The van der Waals surface area contributed by atoms with E-state index in [4.69, 9.17) is 39.5 Å². The van der Waals surface area contributed by atoms with Crippen molar-refractivity contribution in [1.82, 2.24) is 4.90 Å². The van der Waals surface area contributed by atoms with E-state index in [2.05, 4.69) is 0 Å². The van der Waals surface area contributed by atoms with Gasteiger partial charge >= 0.3 is 5.97 Å². The molecule has 40 heavy (non-hydrogen) atoms. The van der Waals surface area contributed by atoms with E-state index in [0.717, 1.165) is 0 Å². The smallest absolute Gasteiger partial charge is 0.331 e. The largest absolute Gasteiger partial charge is 0.479 e. The first-order chi connectivity index (χ1) is 19.2. The van der Waals surface area contributed by atoms with Gasteiger partial charge in [-0.15, -0.1) is 0 Å². The molecule has 1 amide bonds. The van der Waals surface area contributed by atoms with Crippen LogP contribution < -0.4 is 0 Å². The molecular weight excluding hydrogens is 576 g/mol. The van der Waals surface area contributed by atoms with Crippen molar-refractivity contribution in [3.8, 4) is 0 Å². The summed E-state index contributed by atoms with van der Waals surface area (Å²) in [7, 11) is 0. The monoisotopic (exact) mass is 597 g/mol. The number of ether oxygens (including phenoxy) is 1. The first-order valence-electron chi connectivity index (χ1n) is 12.4. The van der Waals surface area contributed by atoms with Crippen molar-refractivity contribution in [2.45, 2.75) is 30.7 Å². The fraction of sp³-hybridized carbons (Fsp3) is 0.161. The molecule has 5 rings (SSSR count). The summed E-state index contributed by atoms with van der Waals surface area (Å²) >= 11 is 18.6. The van der Waals surface area contributed by atoms with Crippen LogP contribution in [0.5, 0.6) is 0 Å². The van der Waals surface area contributed by atoms with E-state index in [0.29, 0.717) is 37.3 Å². The van der Waals surface area contributed by atoms with Crippen molar-refractivity contribution in [2.75, 3.05) is 0 Å². The molecule has 0 spiro atoms. The van der Waals surface area contributed by atoms with Crippen LogP contribution in [0.15, 0.2) is 97.1 Å². The lowest BCUT2D eigenvalue weighted by Gasteiger charge is -2.47.